The van der Waals surface area contributed by atoms with E-state index in [0.717, 1.165) is 24.3 Å². The summed E-state index contributed by atoms with van der Waals surface area (Å²) in [6.07, 6.45) is -5.23. The molecule has 2 aromatic rings. The van der Waals surface area contributed by atoms with E-state index in [4.69, 9.17) is 0 Å². The number of rotatable bonds is 4. The molecule has 116 valence electrons. The molecule has 7 heteroatoms. The molecule has 22 heavy (non-hydrogen) atoms. The van der Waals surface area contributed by atoms with Crippen LogP contribution in [0.2, 0.25) is 0 Å². The van der Waals surface area contributed by atoms with Crippen molar-refractivity contribution < 1.29 is 31.5 Å². The van der Waals surface area contributed by atoms with Gasteiger partial charge in [-0.25, -0.2) is 0 Å². The summed E-state index contributed by atoms with van der Waals surface area (Å²) in [5, 5.41) is 0. The Balaban J connectivity index is 2.20. The molecule has 2 rings (SSSR count). The monoisotopic (exact) mass is 316 g/mol. The van der Waals surface area contributed by atoms with Crippen molar-refractivity contribution >= 4 is 6.29 Å². The lowest BCUT2D eigenvalue weighted by atomic mass is 10.0. The van der Waals surface area contributed by atoms with E-state index in [1.54, 1.807) is 0 Å². The number of halogens is 5. The van der Waals surface area contributed by atoms with Gasteiger partial charge in [-0.05, 0) is 23.3 Å². The summed E-state index contributed by atoms with van der Waals surface area (Å²) in [7, 11) is 0. The number of carbonyl (C=O) groups is 1. The standard InChI is InChI=1S/C15H9F5O2/c16-14(17,9-21)12-5-1-10(2-6-12)11-3-7-13(8-4-11)22-15(18,19)20/h1-9H. The van der Waals surface area contributed by atoms with E-state index in [1.165, 1.54) is 24.3 Å². The zero-order valence-corrected chi connectivity index (χ0v) is 10.9. The van der Waals surface area contributed by atoms with Gasteiger partial charge >= 0.3 is 12.3 Å². The number of alkyl halides is 5. The van der Waals surface area contributed by atoms with E-state index in [1.807, 2.05) is 0 Å². The molecule has 0 aliphatic carbocycles. The van der Waals surface area contributed by atoms with E-state index < -0.39 is 24.1 Å². The Morgan fingerprint density at radius 1 is 0.773 bits per heavy atom. The van der Waals surface area contributed by atoms with Gasteiger partial charge < -0.3 is 4.74 Å². The number of hydrogen-bond acceptors (Lipinski definition) is 2. The zero-order chi connectivity index (χ0) is 16.4. The molecule has 0 radical (unpaired) electrons. The Morgan fingerprint density at radius 3 is 1.64 bits per heavy atom. The Bertz CT molecular complexity index is 645. The summed E-state index contributed by atoms with van der Waals surface area (Å²) in [4.78, 5) is 10.3. The first-order valence-corrected chi connectivity index (χ1v) is 6.02. The molecule has 2 nitrogen and oxygen atoms in total. The second-order valence-electron chi connectivity index (χ2n) is 4.39. The molecule has 0 saturated heterocycles. The van der Waals surface area contributed by atoms with Gasteiger partial charge in [-0.2, -0.15) is 8.78 Å². The van der Waals surface area contributed by atoms with Crippen LogP contribution in [-0.2, 0) is 10.7 Å². The summed E-state index contributed by atoms with van der Waals surface area (Å²) in [6.45, 7) is 0. The van der Waals surface area contributed by atoms with Gasteiger partial charge in [0.15, 0.2) is 6.29 Å². The van der Waals surface area contributed by atoms with Gasteiger partial charge in [0, 0.05) is 5.56 Å². The molecule has 0 unspecified atom stereocenters. The van der Waals surface area contributed by atoms with Crippen molar-refractivity contribution in [1.82, 2.24) is 0 Å². The number of aldehydes is 1. The van der Waals surface area contributed by atoms with Crippen LogP contribution < -0.4 is 4.74 Å². The summed E-state index contributed by atoms with van der Waals surface area (Å²) in [5.74, 6) is -3.94. The van der Waals surface area contributed by atoms with Crippen LogP contribution in [0.5, 0.6) is 5.75 Å². The van der Waals surface area contributed by atoms with E-state index >= 15 is 0 Å². The third kappa shape index (κ3) is 3.81. The Kier molecular flexibility index (Phi) is 4.16. The van der Waals surface area contributed by atoms with Crippen molar-refractivity contribution in [1.29, 1.82) is 0 Å². The van der Waals surface area contributed by atoms with Gasteiger partial charge in [-0.15, -0.1) is 13.2 Å². The molecule has 0 aliphatic heterocycles. The number of ether oxygens (including phenoxy) is 1. The average molecular weight is 316 g/mol. The molecule has 0 N–H and O–H groups in total. The van der Waals surface area contributed by atoms with Gasteiger partial charge in [0.05, 0.1) is 0 Å². The van der Waals surface area contributed by atoms with Gasteiger partial charge in [0.25, 0.3) is 0 Å². The van der Waals surface area contributed by atoms with Gasteiger partial charge in [-0.1, -0.05) is 36.4 Å². The number of carbonyl (C=O) groups excluding carboxylic acids is 1. The molecule has 0 heterocycles. The second-order valence-corrected chi connectivity index (χ2v) is 4.39. The predicted octanol–water partition coefficient (Wildman–Crippen LogP) is 4.54. The van der Waals surface area contributed by atoms with Gasteiger partial charge in [-0.3, -0.25) is 4.79 Å². The van der Waals surface area contributed by atoms with Crippen molar-refractivity contribution in [3.8, 4) is 16.9 Å². The van der Waals surface area contributed by atoms with Crippen LogP contribution >= 0.6 is 0 Å². The summed E-state index contributed by atoms with van der Waals surface area (Å²) < 4.78 is 66.1. The van der Waals surface area contributed by atoms with Gasteiger partial charge in [0.2, 0.25) is 0 Å². The van der Waals surface area contributed by atoms with E-state index in [0.29, 0.717) is 11.1 Å². The second kappa shape index (κ2) is 5.75. The summed E-state index contributed by atoms with van der Waals surface area (Å²) in [6, 6.07) is 9.86. The predicted molar refractivity (Wildman–Crippen MR) is 68.5 cm³/mol. The Labute approximate surface area is 122 Å². The zero-order valence-electron chi connectivity index (χ0n) is 10.9. The molecule has 0 bridgehead atoms. The normalized spacial score (nSPS) is 12.0. The van der Waals surface area contributed by atoms with Crippen molar-refractivity contribution in [3.05, 3.63) is 54.1 Å². The highest BCUT2D eigenvalue weighted by Gasteiger charge is 2.31. The van der Waals surface area contributed by atoms with Crippen LogP contribution in [-0.4, -0.2) is 12.6 Å². The lowest BCUT2D eigenvalue weighted by molar-refractivity contribution is -0.274. The molecule has 0 aliphatic rings. The SMILES string of the molecule is O=CC(F)(F)c1ccc(-c2ccc(OC(F)(F)F)cc2)cc1. The van der Waals surface area contributed by atoms with Crippen LogP contribution in [0.3, 0.4) is 0 Å². The third-order valence-electron chi connectivity index (χ3n) is 2.84. The fourth-order valence-corrected chi connectivity index (χ4v) is 1.80. The largest absolute Gasteiger partial charge is 0.573 e. The van der Waals surface area contributed by atoms with Crippen molar-refractivity contribution in [2.24, 2.45) is 0 Å². The Hall–Kier alpha value is -2.44. The average Bonchev–Trinajstić information content (AvgIpc) is 2.46. The van der Waals surface area contributed by atoms with E-state index in [9.17, 15) is 26.7 Å². The van der Waals surface area contributed by atoms with Crippen LogP contribution in [0, 0.1) is 0 Å². The molecule has 0 amide bonds. The van der Waals surface area contributed by atoms with Crippen molar-refractivity contribution in [3.63, 3.8) is 0 Å². The minimum atomic E-state index is -4.77. The topological polar surface area (TPSA) is 26.3 Å². The molecule has 0 atom stereocenters. The highest BCUT2D eigenvalue weighted by molar-refractivity contribution is 5.67. The fourth-order valence-electron chi connectivity index (χ4n) is 1.80. The molecule has 0 saturated carbocycles. The molecule has 0 spiro atoms. The molecular formula is C15H9F5O2. The quantitative estimate of drug-likeness (QED) is 0.611. The van der Waals surface area contributed by atoms with Crippen LogP contribution in [0.1, 0.15) is 5.56 Å². The maximum Gasteiger partial charge on any atom is 0.573 e. The highest BCUT2D eigenvalue weighted by Crippen LogP contribution is 2.29. The molecular weight excluding hydrogens is 307 g/mol. The van der Waals surface area contributed by atoms with Gasteiger partial charge in [0.1, 0.15) is 5.75 Å². The molecule has 0 fully saturated rings. The third-order valence-corrected chi connectivity index (χ3v) is 2.84. The van der Waals surface area contributed by atoms with Crippen LogP contribution in [0.15, 0.2) is 48.5 Å². The summed E-state index contributed by atoms with van der Waals surface area (Å²) in [5.41, 5.74) is 0.586. The van der Waals surface area contributed by atoms with Crippen molar-refractivity contribution in [2.75, 3.05) is 0 Å². The Morgan fingerprint density at radius 2 is 1.23 bits per heavy atom. The lowest BCUT2D eigenvalue weighted by Gasteiger charge is -2.11. The number of hydrogen-bond donors (Lipinski definition) is 0. The van der Waals surface area contributed by atoms with E-state index in [2.05, 4.69) is 4.74 Å². The molecule has 0 aromatic heterocycles. The first-order valence-electron chi connectivity index (χ1n) is 6.02. The summed E-state index contributed by atoms with van der Waals surface area (Å²) >= 11 is 0. The maximum absolute atomic E-state index is 13.1. The minimum Gasteiger partial charge on any atom is -0.406 e. The van der Waals surface area contributed by atoms with Crippen molar-refractivity contribution in [2.45, 2.75) is 12.3 Å². The molecule has 2 aromatic carbocycles. The van der Waals surface area contributed by atoms with Crippen LogP contribution in [0.25, 0.3) is 11.1 Å². The number of benzene rings is 2. The lowest BCUT2D eigenvalue weighted by Crippen LogP contribution is -2.16. The first kappa shape index (κ1) is 15.9. The maximum atomic E-state index is 13.1. The highest BCUT2D eigenvalue weighted by atomic mass is 19.4. The first-order chi connectivity index (χ1) is 10.2. The minimum absolute atomic E-state index is 0.375. The van der Waals surface area contributed by atoms with Crippen LogP contribution in [0.4, 0.5) is 22.0 Å². The smallest absolute Gasteiger partial charge is 0.406 e. The van der Waals surface area contributed by atoms with E-state index in [-0.39, 0.29) is 5.75 Å². The fraction of sp³-hybridized carbons (Fsp3) is 0.133.